The van der Waals surface area contributed by atoms with Gasteiger partial charge in [-0.2, -0.15) is 0 Å². The van der Waals surface area contributed by atoms with Crippen LogP contribution in [-0.2, 0) is 6.54 Å². The minimum absolute atomic E-state index is 0.0114. The fourth-order valence-electron chi connectivity index (χ4n) is 6.02. The summed E-state index contributed by atoms with van der Waals surface area (Å²) in [6.07, 6.45) is 5.09. The summed E-state index contributed by atoms with van der Waals surface area (Å²) in [4.78, 5) is 21.5. The summed E-state index contributed by atoms with van der Waals surface area (Å²) in [6, 6.07) is 16.9. The lowest BCUT2D eigenvalue weighted by Gasteiger charge is -2.48. The predicted octanol–water partition coefficient (Wildman–Crippen LogP) is 6.63. The van der Waals surface area contributed by atoms with Crippen molar-refractivity contribution in [3.8, 4) is 11.3 Å². The second kappa shape index (κ2) is 12.4. The van der Waals surface area contributed by atoms with E-state index in [9.17, 15) is 23.1 Å². The van der Waals surface area contributed by atoms with Gasteiger partial charge in [0.05, 0.1) is 23.0 Å². The minimum atomic E-state index is -0.984. The Bertz CT molecular complexity index is 1550. The Morgan fingerprint density at radius 3 is 2.43 bits per heavy atom. The number of carbonyl (C=O) groups is 1. The second-order valence-corrected chi connectivity index (χ2v) is 10.9. The van der Waals surface area contributed by atoms with Crippen LogP contribution < -0.4 is 10.6 Å². The lowest BCUT2D eigenvalue weighted by Crippen LogP contribution is -2.57. The molecule has 1 aliphatic carbocycles. The average Bonchev–Trinajstić information content (AvgIpc) is 2.99. The van der Waals surface area contributed by atoms with Crippen LogP contribution in [0.2, 0.25) is 0 Å². The molecule has 2 aromatic carbocycles. The normalized spacial score (nSPS) is 22.1. The zero-order valence-corrected chi connectivity index (χ0v) is 23.4. The van der Waals surface area contributed by atoms with Crippen molar-refractivity contribution in [3.63, 3.8) is 0 Å². The van der Waals surface area contributed by atoms with Gasteiger partial charge in [0.15, 0.2) is 0 Å². The van der Waals surface area contributed by atoms with Crippen molar-refractivity contribution in [1.29, 1.82) is 0 Å². The average molecular weight is 575 g/mol. The highest BCUT2D eigenvalue weighted by Gasteiger charge is 2.46. The maximum atomic E-state index is 14.6. The Morgan fingerprint density at radius 2 is 1.71 bits per heavy atom. The molecule has 0 spiro atoms. The summed E-state index contributed by atoms with van der Waals surface area (Å²) < 4.78 is 43.3. The number of hydrogen-bond acceptors (Lipinski definition) is 5. The van der Waals surface area contributed by atoms with Gasteiger partial charge < -0.3 is 15.7 Å². The predicted molar refractivity (Wildman–Crippen MR) is 155 cm³/mol. The monoisotopic (exact) mass is 574 g/mol. The highest BCUT2D eigenvalue weighted by molar-refractivity contribution is 6.03. The van der Waals surface area contributed by atoms with Gasteiger partial charge in [0.25, 0.3) is 5.91 Å². The van der Waals surface area contributed by atoms with Crippen molar-refractivity contribution < 1.29 is 23.1 Å². The van der Waals surface area contributed by atoms with Crippen LogP contribution in [0.25, 0.3) is 11.3 Å². The largest absolute Gasteiger partial charge is 0.388 e. The molecule has 1 fully saturated rings. The highest BCUT2D eigenvalue weighted by atomic mass is 19.1. The van der Waals surface area contributed by atoms with Crippen molar-refractivity contribution >= 4 is 11.6 Å². The molecule has 4 aromatic rings. The smallest absolute Gasteiger partial charge is 0.274 e. The van der Waals surface area contributed by atoms with Crippen LogP contribution in [0.4, 0.5) is 18.9 Å². The van der Waals surface area contributed by atoms with Gasteiger partial charge in [0.1, 0.15) is 28.8 Å². The van der Waals surface area contributed by atoms with E-state index >= 15 is 0 Å². The third-order valence-corrected chi connectivity index (χ3v) is 8.40. The highest BCUT2D eigenvalue weighted by Crippen LogP contribution is 2.45. The molecular weight excluding hydrogens is 541 g/mol. The summed E-state index contributed by atoms with van der Waals surface area (Å²) in [5, 5.41) is 18.0. The number of carbonyl (C=O) groups excluding carboxylic acids is 1. The Labute approximate surface area is 243 Å². The molecule has 218 valence electrons. The molecule has 3 N–H and O–H groups in total. The van der Waals surface area contributed by atoms with E-state index < -0.39 is 40.2 Å². The van der Waals surface area contributed by atoms with Crippen molar-refractivity contribution in [2.75, 3.05) is 5.32 Å². The van der Waals surface area contributed by atoms with Gasteiger partial charge in [0.2, 0.25) is 0 Å². The molecule has 0 bridgehead atoms. The van der Waals surface area contributed by atoms with Gasteiger partial charge in [-0.15, -0.1) is 0 Å². The van der Waals surface area contributed by atoms with Gasteiger partial charge in [0, 0.05) is 18.8 Å². The second-order valence-electron chi connectivity index (χ2n) is 10.9. The maximum absolute atomic E-state index is 14.6. The molecule has 1 amide bonds. The summed E-state index contributed by atoms with van der Waals surface area (Å²) >= 11 is 0. The summed E-state index contributed by atoms with van der Waals surface area (Å²) in [5.41, 5.74) is 0.0773. The lowest BCUT2D eigenvalue weighted by atomic mass is 9.65. The van der Waals surface area contributed by atoms with Crippen molar-refractivity contribution in [2.24, 2.45) is 5.92 Å². The molecule has 4 atom stereocenters. The topological polar surface area (TPSA) is 87.1 Å². The molecule has 0 aliphatic heterocycles. The van der Waals surface area contributed by atoms with Crippen LogP contribution in [0.3, 0.4) is 0 Å². The van der Waals surface area contributed by atoms with Gasteiger partial charge in [-0.05, 0) is 72.6 Å². The molecule has 2 aromatic heterocycles. The van der Waals surface area contributed by atoms with Crippen LogP contribution in [0.1, 0.15) is 60.6 Å². The van der Waals surface area contributed by atoms with E-state index in [-0.39, 0.29) is 23.6 Å². The minimum Gasteiger partial charge on any atom is -0.388 e. The van der Waals surface area contributed by atoms with Crippen molar-refractivity contribution in [2.45, 2.75) is 57.2 Å². The first-order valence-corrected chi connectivity index (χ1v) is 14.1. The Kier molecular flexibility index (Phi) is 8.70. The summed E-state index contributed by atoms with van der Waals surface area (Å²) in [7, 11) is 0. The van der Waals surface area contributed by atoms with E-state index in [1.807, 2.05) is 50.2 Å². The molecule has 9 heteroatoms. The van der Waals surface area contributed by atoms with Crippen molar-refractivity contribution in [1.82, 2.24) is 15.3 Å². The summed E-state index contributed by atoms with van der Waals surface area (Å²) in [6.45, 7) is 4.63. The number of halogens is 3. The number of anilines is 1. The number of hydrogen-bond donors (Lipinski definition) is 3. The zero-order chi connectivity index (χ0) is 29.9. The molecule has 42 heavy (non-hydrogen) atoms. The third-order valence-electron chi connectivity index (χ3n) is 8.40. The van der Waals surface area contributed by atoms with E-state index in [4.69, 9.17) is 0 Å². The SMILES string of the molecule is CCC1(O)C(C)CC(c2ccncc2NC(=O)c2ccc(F)c(-c3c(F)cccc3F)n2)CC1NCc1ccccc1. The Morgan fingerprint density at radius 1 is 0.976 bits per heavy atom. The fourth-order valence-corrected chi connectivity index (χ4v) is 6.02. The van der Waals surface area contributed by atoms with Crippen LogP contribution in [0, 0.1) is 23.4 Å². The van der Waals surface area contributed by atoms with Gasteiger partial charge >= 0.3 is 0 Å². The number of benzene rings is 2. The first-order valence-electron chi connectivity index (χ1n) is 14.1. The van der Waals surface area contributed by atoms with Crippen molar-refractivity contribution in [3.05, 3.63) is 113 Å². The van der Waals surface area contributed by atoms with E-state index in [1.165, 1.54) is 12.3 Å². The number of rotatable bonds is 8. The Hall–Kier alpha value is -4.08. The Balaban J connectivity index is 1.39. The number of nitrogens with one attached hydrogen (secondary N) is 2. The molecule has 6 nitrogen and oxygen atoms in total. The van der Waals surface area contributed by atoms with E-state index in [0.717, 1.165) is 35.4 Å². The maximum Gasteiger partial charge on any atom is 0.274 e. The van der Waals surface area contributed by atoms with Gasteiger partial charge in [-0.1, -0.05) is 50.2 Å². The first-order chi connectivity index (χ1) is 20.2. The van der Waals surface area contributed by atoms with Crippen LogP contribution >= 0.6 is 0 Å². The standard InChI is InChI=1S/C33H33F3N4O2/c1-3-33(42)20(2)16-22(17-29(33)38-18-21-8-5-4-6-9-21)23-14-15-37-19-28(23)40-32(41)27-13-12-26(36)31(39-27)30-24(34)10-7-11-25(30)35/h4-15,19-20,22,29,38,42H,3,16-18H2,1-2H3,(H,40,41). The van der Waals surface area contributed by atoms with Crippen LogP contribution in [0.5, 0.6) is 0 Å². The third kappa shape index (κ3) is 5.93. The molecule has 4 unspecified atom stereocenters. The molecule has 2 heterocycles. The first kappa shape index (κ1) is 29.4. The number of nitrogens with zero attached hydrogens (tertiary/aromatic N) is 2. The zero-order valence-electron chi connectivity index (χ0n) is 23.4. The lowest BCUT2D eigenvalue weighted by molar-refractivity contribution is -0.0765. The fraction of sp³-hybridized carbons (Fsp3) is 0.303. The summed E-state index contributed by atoms with van der Waals surface area (Å²) in [5.74, 6) is -3.64. The van der Waals surface area contributed by atoms with E-state index in [2.05, 4.69) is 20.6 Å². The van der Waals surface area contributed by atoms with E-state index in [1.54, 1.807) is 6.20 Å². The number of pyridine rings is 2. The number of aliphatic hydroxyl groups is 1. The van der Waals surface area contributed by atoms with Crippen LogP contribution in [-0.4, -0.2) is 32.6 Å². The molecule has 0 saturated heterocycles. The molecule has 5 rings (SSSR count). The van der Waals surface area contributed by atoms with Crippen LogP contribution in [0.15, 0.2) is 79.1 Å². The number of aromatic nitrogens is 2. The quantitative estimate of drug-likeness (QED) is 0.220. The molecule has 1 saturated carbocycles. The molecule has 1 aliphatic rings. The molecular formula is C33H33F3N4O2. The molecule has 0 radical (unpaired) electrons. The van der Waals surface area contributed by atoms with E-state index in [0.29, 0.717) is 31.5 Å². The number of amides is 1. The van der Waals surface area contributed by atoms with Gasteiger partial charge in [-0.3, -0.25) is 9.78 Å². The van der Waals surface area contributed by atoms with Gasteiger partial charge in [-0.25, -0.2) is 18.2 Å².